The summed E-state index contributed by atoms with van der Waals surface area (Å²) < 4.78 is 0. The fourth-order valence-corrected chi connectivity index (χ4v) is 2.62. The van der Waals surface area contributed by atoms with Gasteiger partial charge in [-0.2, -0.15) is 0 Å². The van der Waals surface area contributed by atoms with E-state index in [1.54, 1.807) is 0 Å². The molecule has 0 spiro atoms. The molecule has 0 saturated heterocycles. The van der Waals surface area contributed by atoms with Crippen LogP contribution in [-0.2, 0) is 4.79 Å². The molecule has 6 nitrogen and oxygen atoms in total. The Balaban J connectivity index is 3.75. The van der Waals surface area contributed by atoms with Crippen molar-refractivity contribution < 1.29 is 19.9 Å². The molecule has 140 valence electrons. The summed E-state index contributed by atoms with van der Waals surface area (Å²) >= 11 is 0. The third-order valence-electron chi connectivity index (χ3n) is 4.12. The Kier molecular flexibility index (Phi) is 14.2. The second-order valence-electron chi connectivity index (χ2n) is 6.32. The Hall–Kier alpha value is -1.43. The summed E-state index contributed by atoms with van der Waals surface area (Å²) in [6.45, 7) is 2.05. The maximum absolute atomic E-state index is 11.0. The summed E-state index contributed by atoms with van der Waals surface area (Å²) in [5.74, 6) is -0.737. The van der Waals surface area contributed by atoms with E-state index < -0.39 is 18.1 Å². The Morgan fingerprint density at radius 1 is 1.08 bits per heavy atom. The molecule has 0 bridgehead atoms. The van der Waals surface area contributed by atoms with Crippen LogP contribution in [0.25, 0.3) is 0 Å². The first kappa shape index (κ1) is 22.6. The molecule has 0 aromatic heterocycles. The fraction of sp³-hybridized carbons (Fsp3) is 0.833. The lowest BCUT2D eigenvalue weighted by Gasteiger charge is -2.14. The third-order valence-corrected chi connectivity index (χ3v) is 4.12. The summed E-state index contributed by atoms with van der Waals surface area (Å²) in [7, 11) is 0. The topological polar surface area (TPSA) is 101 Å². The molecular formula is C18H33NO5. The van der Waals surface area contributed by atoms with Gasteiger partial charge >= 0.3 is 5.97 Å². The summed E-state index contributed by atoms with van der Waals surface area (Å²) in [4.78, 5) is 21.0. The molecule has 2 N–H and O–H groups in total. The quantitative estimate of drug-likeness (QED) is 0.188. The Morgan fingerprint density at radius 2 is 1.75 bits per heavy atom. The number of rotatable bonds is 16. The van der Waals surface area contributed by atoms with Crippen LogP contribution < -0.4 is 0 Å². The highest BCUT2D eigenvalue weighted by atomic mass is 16.6. The molecule has 0 radical (unpaired) electrons. The average molecular weight is 343 g/mol. The summed E-state index contributed by atoms with van der Waals surface area (Å²) in [6, 6.07) is -0.865. The zero-order valence-corrected chi connectivity index (χ0v) is 14.9. The van der Waals surface area contributed by atoms with E-state index in [0.717, 1.165) is 57.8 Å². The standard InChI is InChI=1S/C18H33NO5/c1-2-3-10-13-16(19(23)24)17(20)14-11-8-6-4-5-7-9-12-15-18(21)22/h8,11,16-17,20H,2-7,9-10,12-15H2,1H3,(H,21,22). The zero-order valence-electron chi connectivity index (χ0n) is 14.9. The number of carboxylic acids is 1. The highest BCUT2D eigenvalue weighted by molar-refractivity contribution is 5.66. The van der Waals surface area contributed by atoms with Gasteiger partial charge in [0.05, 0.1) is 0 Å². The van der Waals surface area contributed by atoms with Crippen molar-refractivity contribution in [1.82, 2.24) is 0 Å². The van der Waals surface area contributed by atoms with Gasteiger partial charge in [-0.1, -0.05) is 51.2 Å². The number of hydrogen-bond acceptors (Lipinski definition) is 4. The Labute approximate surface area is 145 Å². The molecular weight excluding hydrogens is 310 g/mol. The predicted molar refractivity (Wildman–Crippen MR) is 94.6 cm³/mol. The SMILES string of the molecule is CCCCCC(C(O)CC=CCCCCCCCC(=O)O)[N+](=O)[O-]. The van der Waals surface area contributed by atoms with E-state index in [2.05, 4.69) is 0 Å². The maximum Gasteiger partial charge on any atom is 0.303 e. The first-order chi connectivity index (χ1) is 11.5. The normalized spacial score (nSPS) is 13.9. The number of carbonyl (C=O) groups is 1. The monoisotopic (exact) mass is 343 g/mol. The van der Waals surface area contributed by atoms with Crippen LogP contribution in [0.2, 0.25) is 0 Å². The minimum atomic E-state index is -0.913. The Bertz CT molecular complexity index is 370. The molecule has 0 aliphatic heterocycles. The van der Waals surface area contributed by atoms with Crippen LogP contribution in [0.15, 0.2) is 12.2 Å². The number of allylic oxidation sites excluding steroid dienone is 1. The second kappa shape index (κ2) is 15.1. The lowest BCUT2D eigenvalue weighted by atomic mass is 10.0. The molecule has 24 heavy (non-hydrogen) atoms. The smallest absolute Gasteiger partial charge is 0.303 e. The van der Waals surface area contributed by atoms with Gasteiger partial charge in [0, 0.05) is 17.8 Å². The number of hydrogen-bond donors (Lipinski definition) is 2. The number of nitro groups is 1. The van der Waals surface area contributed by atoms with E-state index in [1.807, 2.05) is 19.1 Å². The first-order valence-electron chi connectivity index (χ1n) is 9.17. The van der Waals surface area contributed by atoms with Gasteiger partial charge in [0.2, 0.25) is 6.04 Å². The van der Waals surface area contributed by atoms with Gasteiger partial charge in [-0.25, -0.2) is 0 Å². The van der Waals surface area contributed by atoms with Crippen LogP contribution in [0.1, 0.15) is 84.0 Å². The van der Waals surface area contributed by atoms with Crippen molar-refractivity contribution in [2.45, 2.75) is 96.1 Å². The van der Waals surface area contributed by atoms with Gasteiger partial charge in [-0.05, 0) is 32.1 Å². The Morgan fingerprint density at radius 3 is 2.38 bits per heavy atom. The van der Waals surface area contributed by atoms with Crippen molar-refractivity contribution in [3.63, 3.8) is 0 Å². The molecule has 0 aromatic carbocycles. The van der Waals surface area contributed by atoms with E-state index in [1.165, 1.54) is 0 Å². The number of aliphatic hydroxyl groups excluding tert-OH is 1. The lowest BCUT2D eigenvalue weighted by Crippen LogP contribution is -2.33. The highest BCUT2D eigenvalue weighted by Gasteiger charge is 2.27. The van der Waals surface area contributed by atoms with Crippen LogP contribution in [-0.4, -0.2) is 33.3 Å². The van der Waals surface area contributed by atoms with Gasteiger partial charge in [0.25, 0.3) is 0 Å². The van der Waals surface area contributed by atoms with Crippen molar-refractivity contribution in [3.05, 3.63) is 22.3 Å². The van der Waals surface area contributed by atoms with Gasteiger partial charge in [-0.15, -0.1) is 0 Å². The predicted octanol–water partition coefficient (Wildman–Crippen LogP) is 4.33. The van der Waals surface area contributed by atoms with Crippen molar-refractivity contribution >= 4 is 5.97 Å². The van der Waals surface area contributed by atoms with E-state index in [9.17, 15) is 20.0 Å². The van der Waals surface area contributed by atoms with Crippen LogP contribution in [0, 0.1) is 10.1 Å². The number of nitrogens with zero attached hydrogens (tertiary/aromatic N) is 1. The van der Waals surface area contributed by atoms with Gasteiger partial charge in [0.1, 0.15) is 6.10 Å². The molecule has 2 unspecified atom stereocenters. The largest absolute Gasteiger partial charge is 0.481 e. The summed E-state index contributed by atoms with van der Waals surface area (Å²) in [6.07, 6.45) is 12.3. The van der Waals surface area contributed by atoms with Crippen LogP contribution in [0.3, 0.4) is 0 Å². The van der Waals surface area contributed by atoms with Gasteiger partial charge in [-0.3, -0.25) is 14.9 Å². The average Bonchev–Trinajstić information content (AvgIpc) is 2.52. The van der Waals surface area contributed by atoms with Crippen molar-refractivity contribution in [2.75, 3.05) is 0 Å². The summed E-state index contributed by atoms with van der Waals surface area (Å²) in [5, 5.41) is 29.5. The summed E-state index contributed by atoms with van der Waals surface area (Å²) in [5.41, 5.74) is 0. The van der Waals surface area contributed by atoms with Crippen LogP contribution >= 0.6 is 0 Å². The maximum atomic E-state index is 11.0. The molecule has 2 atom stereocenters. The molecule has 0 rings (SSSR count). The third kappa shape index (κ3) is 13.0. The molecule has 0 aromatic rings. The molecule has 0 fully saturated rings. The molecule has 0 heterocycles. The van der Waals surface area contributed by atoms with Crippen molar-refractivity contribution in [2.24, 2.45) is 0 Å². The van der Waals surface area contributed by atoms with E-state index in [-0.39, 0.29) is 11.3 Å². The number of aliphatic carboxylic acids is 1. The van der Waals surface area contributed by atoms with E-state index >= 15 is 0 Å². The van der Waals surface area contributed by atoms with Gasteiger partial charge < -0.3 is 10.2 Å². The molecule has 0 amide bonds. The van der Waals surface area contributed by atoms with Crippen LogP contribution in [0.5, 0.6) is 0 Å². The number of unbranched alkanes of at least 4 members (excludes halogenated alkanes) is 7. The molecule has 0 aliphatic rings. The highest BCUT2D eigenvalue weighted by Crippen LogP contribution is 2.13. The van der Waals surface area contributed by atoms with Crippen LogP contribution in [0.4, 0.5) is 0 Å². The van der Waals surface area contributed by atoms with E-state index in [4.69, 9.17) is 5.11 Å². The molecule has 0 aliphatic carbocycles. The van der Waals surface area contributed by atoms with E-state index in [0.29, 0.717) is 12.8 Å². The van der Waals surface area contributed by atoms with Crippen molar-refractivity contribution in [3.8, 4) is 0 Å². The lowest BCUT2D eigenvalue weighted by molar-refractivity contribution is -0.535. The van der Waals surface area contributed by atoms with Crippen molar-refractivity contribution in [1.29, 1.82) is 0 Å². The molecule has 6 heteroatoms. The minimum absolute atomic E-state index is 0.244. The molecule has 0 saturated carbocycles. The number of aliphatic hydroxyl groups is 1. The minimum Gasteiger partial charge on any atom is -0.481 e. The zero-order chi connectivity index (χ0) is 18.2. The number of carboxylic acid groups (broad SMARTS) is 1. The first-order valence-corrected chi connectivity index (χ1v) is 9.17. The second-order valence-corrected chi connectivity index (χ2v) is 6.32. The fourth-order valence-electron chi connectivity index (χ4n) is 2.62. The van der Waals surface area contributed by atoms with Gasteiger partial charge in [0.15, 0.2) is 0 Å².